The van der Waals surface area contributed by atoms with Gasteiger partial charge in [0.15, 0.2) is 0 Å². The van der Waals surface area contributed by atoms with E-state index in [2.05, 4.69) is 12.2 Å². The van der Waals surface area contributed by atoms with Gasteiger partial charge in [-0.15, -0.1) is 0 Å². The third-order valence-corrected chi connectivity index (χ3v) is 3.38. The van der Waals surface area contributed by atoms with Crippen LogP contribution in [0.1, 0.15) is 33.1 Å². The summed E-state index contributed by atoms with van der Waals surface area (Å²) in [6.07, 6.45) is 3.49. The summed E-state index contributed by atoms with van der Waals surface area (Å²) in [5, 5.41) is 3.47. The summed E-state index contributed by atoms with van der Waals surface area (Å²) >= 11 is 0. The van der Waals surface area contributed by atoms with E-state index in [1.807, 2.05) is 25.1 Å². The highest BCUT2D eigenvalue weighted by Crippen LogP contribution is 2.33. The molecule has 0 saturated heterocycles. The Balaban J connectivity index is 1.90. The summed E-state index contributed by atoms with van der Waals surface area (Å²) in [5.74, 6) is 0.771. The Bertz CT molecular complexity index is 403. The first-order chi connectivity index (χ1) is 9.24. The quantitative estimate of drug-likeness (QED) is 0.743. The highest BCUT2D eigenvalue weighted by Gasteiger charge is 2.29. The Hall–Kier alpha value is -1.42. The molecule has 1 aliphatic rings. The van der Waals surface area contributed by atoms with Crippen LogP contribution in [-0.4, -0.2) is 25.4 Å². The van der Waals surface area contributed by atoms with Crippen molar-refractivity contribution in [3.63, 3.8) is 0 Å². The van der Waals surface area contributed by atoms with E-state index >= 15 is 0 Å². The van der Waals surface area contributed by atoms with Crippen LogP contribution in [0.5, 0.6) is 5.75 Å². The van der Waals surface area contributed by atoms with Gasteiger partial charge in [-0.1, -0.05) is 13.0 Å². The molecule has 0 spiro atoms. The molecule has 0 atom stereocenters. The number of hydrogen-bond acceptors (Lipinski definition) is 4. The lowest BCUT2D eigenvalue weighted by Crippen LogP contribution is -2.40. The van der Waals surface area contributed by atoms with E-state index < -0.39 is 0 Å². The van der Waals surface area contributed by atoms with E-state index in [0.717, 1.165) is 37.3 Å². The number of ether oxygens (including phenoxy) is 2. The first-order valence-corrected chi connectivity index (χ1v) is 7.14. The van der Waals surface area contributed by atoms with Gasteiger partial charge >= 0.3 is 0 Å². The van der Waals surface area contributed by atoms with E-state index in [1.165, 1.54) is 0 Å². The Morgan fingerprint density at radius 2 is 2.11 bits per heavy atom. The average molecular weight is 264 g/mol. The van der Waals surface area contributed by atoms with E-state index in [0.29, 0.717) is 24.4 Å². The Kier molecular flexibility index (Phi) is 4.91. The predicted octanol–water partition coefficient (Wildman–Crippen LogP) is 3.04. The zero-order chi connectivity index (χ0) is 13.7. The van der Waals surface area contributed by atoms with Crippen LogP contribution in [0, 0.1) is 0 Å². The topological polar surface area (TPSA) is 56.5 Å². The summed E-state index contributed by atoms with van der Waals surface area (Å²) in [5.41, 5.74) is 7.80. The van der Waals surface area contributed by atoms with Crippen molar-refractivity contribution in [3.8, 4) is 5.75 Å². The van der Waals surface area contributed by atoms with Gasteiger partial charge in [0.05, 0.1) is 24.1 Å². The van der Waals surface area contributed by atoms with Crippen molar-refractivity contribution in [2.75, 3.05) is 24.3 Å². The minimum atomic E-state index is 0.406. The Morgan fingerprint density at radius 3 is 2.79 bits per heavy atom. The number of nitrogens with two attached hydrogens (primary N) is 1. The minimum absolute atomic E-state index is 0.406. The van der Waals surface area contributed by atoms with Crippen molar-refractivity contribution >= 4 is 11.4 Å². The lowest BCUT2D eigenvalue weighted by molar-refractivity contribution is 0.00300. The molecule has 0 unspecified atom stereocenters. The van der Waals surface area contributed by atoms with Crippen LogP contribution in [0.15, 0.2) is 18.2 Å². The highest BCUT2D eigenvalue weighted by molar-refractivity contribution is 5.73. The summed E-state index contributed by atoms with van der Waals surface area (Å²) < 4.78 is 11.2. The van der Waals surface area contributed by atoms with Crippen molar-refractivity contribution in [1.29, 1.82) is 0 Å². The molecule has 1 aromatic carbocycles. The third-order valence-electron chi connectivity index (χ3n) is 3.38. The molecule has 0 amide bonds. The second-order valence-corrected chi connectivity index (χ2v) is 4.96. The van der Waals surface area contributed by atoms with Crippen molar-refractivity contribution in [1.82, 2.24) is 0 Å². The Morgan fingerprint density at radius 1 is 1.32 bits per heavy atom. The number of hydrogen-bond donors (Lipinski definition) is 2. The van der Waals surface area contributed by atoms with Crippen molar-refractivity contribution < 1.29 is 9.47 Å². The molecular weight excluding hydrogens is 240 g/mol. The van der Waals surface area contributed by atoms with Gasteiger partial charge < -0.3 is 20.5 Å². The standard InChI is InChI=1S/C15H24N2O2/c1-3-8-19-14-7-5-6-13(15(14)16)17-11-9-12(10-11)18-4-2/h5-7,11-12,17H,3-4,8-10,16H2,1-2H3. The van der Waals surface area contributed by atoms with Crippen molar-refractivity contribution in [2.24, 2.45) is 0 Å². The van der Waals surface area contributed by atoms with Gasteiger partial charge in [-0.3, -0.25) is 0 Å². The summed E-state index contributed by atoms with van der Waals surface area (Å²) in [4.78, 5) is 0. The zero-order valence-corrected chi connectivity index (χ0v) is 11.8. The molecule has 0 aromatic heterocycles. The molecule has 1 aromatic rings. The second-order valence-electron chi connectivity index (χ2n) is 4.96. The molecule has 3 N–H and O–H groups in total. The first kappa shape index (κ1) is 14.0. The van der Waals surface area contributed by atoms with Crippen LogP contribution in [0.3, 0.4) is 0 Å². The van der Waals surface area contributed by atoms with Crippen LogP contribution < -0.4 is 15.8 Å². The third kappa shape index (κ3) is 3.53. The second kappa shape index (κ2) is 6.66. The van der Waals surface area contributed by atoms with Gasteiger partial charge in [-0.05, 0) is 38.3 Å². The van der Waals surface area contributed by atoms with Gasteiger partial charge in [-0.25, -0.2) is 0 Å². The van der Waals surface area contributed by atoms with Gasteiger partial charge in [0, 0.05) is 12.6 Å². The van der Waals surface area contributed by atoms with E-state index in [9.17, 15) is 0 Å². The fourth-order valence-electron chi connectivity index (χ4n) is 2.28. The molecule has 106 valence electrons. The van der Waals surface area contributed by atoms with E-state index in [4.69, 9.17) is 15.2 Å². The van der Waals surface area contributed by atoms with Gasteiger partial charge in [0.2, 0.25) is 0 Å². The molecule has 0 bridgehead atoms. The monoisotopic (exact) mass is 264 g/mol. The van der Waals surface area contributed by atoms with E-state index in [-0.39, 0.29) is 0 Å². The highest BCUT2D eigenvalue weighted by atomic mass is 16.5. The van der Waals surface area contributed by atoms with Crippen LogP contribution in [0.4, 0.5) is 11.4 Å². The van der Waals surface area contributed by atoms with Crippen LogP contribution >= 0.6 is 0 Å². The zero-order valence-electron chi connectivity index (χ0n) is 11.8. The maximum absolute atomic E-state index is 6.13. The molecule has 1 fully saturated rings. The van der Waals surface area contributed by atoms with Crippen LogP contribution in [-0.2, 0) is 4.74 Å². The predicted molar refractivity (Wildman–Crippen MR) is 78.7 cm³/mol. The fourth-order valence-corrected chi connectivity index (χ4v) is 2.28. The lowest BCUT2D eigenvalue weighted by Gasteiger charge is -2.36. The Labute approximate surface area is 115 Å². The molecule has 0 radical (unpaired) electrons. The number of benzene rings is 1. The lowest BCUT2D eigenvalue weighted by atomic mass is 9.89. The molecular formula is C15H24N2O2. The minimum Gasteiger partial charge on any atom is -0.491 e. The maximum atomic E-state index is 6.13. The number of rotatable bonds is 7. The normalized spacial score (nSPS) is 21.8. The molecule has 2 rings (SSSR count). The van der Waals surface area contributed by atoms with Crippen LogP contribution in [0.2, 0.25) is 0 Å². The average Bonchev–Trinajstić information content (AvgIpc) is 2.37. The fraction of sp³-hybridized carbons (Fsp3) is 0.600. The van der Waals surface area contributed by atoms with Crippen molar-refractivity contribution in [2.45, 2.75) is 45.3 Å². The summed E-state index contributed by atoms with van der Waals surface area (Å²) in [6, 6.07) is 6.35. The largest absolute Gasteiger partial charge is 0.491 e. The van der Waals surface area contributed by atoms with E-state index in [1.54, 1.807) is 0 Å². The molecule has 1 saturated carbocycles. The first-order valence-electron chi connectivity index (χ1n) is 7.14. The number of nitrogen functional groups attached to an aromatic ring is 1. The van der Waals surface area contributed by atoms with Gasteiger partial charge in [0.1, 0.15) is 5.75 Å². The number of nitrogens with one attached hydrogen (secondary N) is 1. The summed E-state index contributed by atoms with van der Waals surface area (Å²) in [7, 11) is 0. The molecule has 0 aliphatic heterocycles. The van der Waals surface area contributed by atoms with Crippen LogP contribution in [0.25, 0.3) is 0 Å². The molecule has 19 heavy (non-hydrogen) atoms. The molecule has 4 nitrogen and oxygen atoms in total. The van der Waals surface area contributed by atoms with Gasteiger partial charge in [0.25, 0.3) is 0 Å². The molecule has 0 heterocycles. The number of para-hydroxylation sites is 1. The smallest absolute Gasteiger partial charge is 0.144 e. The van der Waals surface area contributed by atoms with Crippen molar-refractivity contribution in [3.05, 3.63) is 18.2 Å². The molecule has 1 aliphatic carbocycles. The maximum Gasteiger partial charge on any atom is 0.144 e. The summed E-state index contributed by atoms with van der Waals surface area (Å²) in [6.45, 7) is 5.61. The van der Waals surface area contributed by atoms with Gasteiger partial charge in [-0.2, -0.15) is 0 Å². The SMILES string of the molecule is CCCOc1cccc(NC2CC(OCC)C2)c1N. The number of anilines is 2. The molecule has 4 heteroatoms.